The van der Waals surface area contributed by atoms with Gasteiger partial charge in [-0.1, -0.05) is 17.7 Å². The van der Waals surface area contributed by atoms with Crippen LogP contribution in [0.15, 0.2) is 83.4 Å². The Morgan fingerprint density at radius 2 is 1.86 bits per heavy atom. The van der Waals surface area contributed by atoms with Crippen molar-refractivity contribution in [2.24, 2.45) is 0 Å². The van der Waals surface area contributed by atoms with Gasteiger partial charge in [0.25, 0.3) is 0 Å². The van der Waals surface area contributed by atoms with Gasteiger partial charge in [-0.3, -0.25) is 9.71 Å². The Bertz CT molecular complexity index is 1520. The molecule has 0 unspecified atom stereocenters. The summed E-state index contributed by atoms with van der Waals surface area (Å²) in [7, 11) is -3.40. The molecule has 2 aromatic heterocycles. The van der Waals surface area contributed by atoms with Crippen molar-refractivity contribution < 1.29 is 12.8 Å². The molecule has 2 atom stereocenters. The molecular weight excluding hydrogens is 516 g/mol. The molecule has 1 aliphatic rings. The van der Waals surface area contributed by atoms with Gasteiger partial charge in [0.1, 0.15) is 17.6 Å². The van der Waals surface area contributed by atoms with Crippen LogP contribution in [0.4, 0.5) is 11.4 Å². The average Bonchev–Trinajstić information content (AvgIpc) is 3.45. The quantitative estimate of drug-likeness (QED) is 0.298. The van der Waals surface area contributed by atoms with Gasteiger partial charge in [-0.05, 0) is 91.4 Å². The molecule has 2 aromatic carbocycles. The van der Waals surface area contributed by atoms with Crippen molar-refractivity contribution in [3.05, 3.63) is 101 Å². The molecule has 0 spiro atoms. The van der Waals surface area contributed by atoms with Gasteiger partial charge < -0.3 is 14.6 Å². The number of aromatic nitrogens is 1. The number of sulfonamides is 1. The Balaban J connectivity index is 1.57. The molecule has 184 valence electrons. The first-order valence-electron chi connectivity index (χ1n) is 11.1. The van der Waals surface area contributed by atoms with Gasteiger partial charge in [-0.15, -0.1) is 0 Å². The summed E-state index contributed by atoms with van der Waals surface area (Å²) < 4.78 is 32.4. The molecule has 7 nitrogen and oxygen atoms in total. The Morgan fingerprint density at radius 3 is 2.53 bits per heavy atom. The smallest absolute Gasteiger partial charge is 0.229 e. The maximum atomic E-state index is 11.7. The van der Waals surface area contributed by atoms with Crippen LogP contribution in [-0.2, 0) is 10.0 Å². The number of nitrogens with one attached hydrogen (secondary N) is 2. The number of pyridine rings is 1. The van der Waals surface area contributed by atoms with Gasteiger partial charge in [0.15, 0.2) is 5.11 Å². The SMILES string of the molecule is Cc1cc(N2C(=S)N[C@@H](c3ccccn3)[C@H]2c2ccc(-c3ccc(Cl)cc3)o2)ccc1NS(C)(=O)=O. The number of benzene rings is 2. The highest BCUT2D eigenvalue weighted by Crippen LogP contribution is 2.43. The maximum Gasteiger partial charge on any atom is 0.229 e. The number of rotatable bonds is 6. The van der Waals surface area contributed by atoms with Crippen molar-refractivity contribution in [1.82, 2.24) is 10.3 Å². The number of thiocarbonyl (C=S) groups is 1. The van der Waals surface area contributed by atoms with Crippen LogP contribution in [0.25, 0.3) is 11.3 Å². The number of hydrogen-bond donors (Lipinski definition) is 2. The van der Waals surface area contributed by atoms with Gasteiger partial charge >= 0.3 is 0 Å². The number of anilines is 2. The van der Waals surface area contributed by atoms with Crippen LogP contribution in [0.1, 0.15) is 29.1 Å². The molecule has 1 fully saturated rings. The first kappa shape index (κ1) is 24.3. The predicted molar refractivity (Wildman–Crippen MR) is 147 cm³/mol. The van der Waals surface area contributed by atoms with Gasteiger partial charge in [0.05, 0.1) is 23.7 Å². The third kappa shape index (κ3) is 4.95. The molecule has 1 aliphatic heterocycles. The van der Waals surface area contributed by atoms with E-state index in [2.05, 4.69) is 15.0 Å². The fourth-order valence-electron chi connectivity index (χ4n) is 4.31. The monoisotopic (exact) mass is 538 g/mol. The number of hydrogen-bond acceptors (Lipinski definition) is 5. The molecule has 0 saturated carbocycles. The zero-order valence-corrected chi connectivity index (χ0v) is 21.9. The lowest BCUT2D eigenvalue weighted by Crippen LogP contribution is -2.29. The van der Waals surface area contributed by atoms with Crippen molar-refractivity contribution in [1.29, 1.82) is 0 Å². The van der Waals surface area contributed by atoms with Crippen molar-refractivity contribution >= 4 is 50.3 Å². The second-order valence-electron chi connectivity index (χ2n) is 8.58. The molecular formula is C26H23ClN4O3S2. The standard InChI is InChI=1S/C26H23ClN4O3S2/c1-16-15-19(10-11-20(16)30-36(2,32)33)31-25(24(29-26(31)35)21-5-3-4-14-28-21)23-13-12-22(34-23)17-6-8-18(27)9-7-17/h3-15,24-25,30H,1-2H3,(H,29,35)/t24-,25+/m0/s1. The van der Waals surface area contributed by atoms with E-state index in [1.54, 1.807) is 12.3 Å². The average molecular weight is 539 g/mol. The van der Waals surface area contributed by atoms with Crippen molar-refractivity contribution in [2.75, 3.05) is 15.9 Å². The normalized spacial score (nSPS) is 17.8. The lowest BCUT2D eigenvalue weighted by Gasteiger charge is -2.26. The van der Waals surface area contributed by atoms with Crippen LogP contribution < -0.4 is 14.9 Å². The molecule has 0 radical (unpaired) electrons. The Kier molecular flexibility index (Phi) is 6.46. The summed E-state index contributed by atoms with van der Waals surface area (Å²) >= 11 is 11.8. The Hall–Kier alpha value is -3.40. The van der Waals surface area contributed by atoms with Crippen LogP contribution in [0.5, 0.6) is 0 Å². The Labute approximate surface area is 220 Å². The molecule has 2 N–H and O–H groups in total. The largest absolute Gasteiger partial charge is 0.459 e. The molecule has 4 aromatic rings. The third-order valence-electron chi connectivity index (χ3n) is 5.93. The summed E-state index contributed by atoms with van der Waals surface area (Å²) in [6.07, 6.45) is 2.87. The van der Waals surface area contributed by atoms with Crippen molar-refractivity contribution in [3.63, 3.8) is 0 Å². The lowest BCUT2D eigenvalue weighted by atomic mass is 10.0. The number of aryl methyl sites for hydroxylation is 1. The topological polar surface area (TPSA) is 87.5 Å². The zero-order chi connectivity index (χ0) is 25.4. The van der Waals surface area contributed by atoms with Crippen LogP contribution in [0.2, 0.25) is 5.02 Å². The molecule has 1 saturated heterocycles. The van der Waals surface area contributed by atoms with E-state index in [4.69, 9.17) is 28.2 Å². The lowest BCUT2D eigenvalue weighted by molar-refractivity contribution is 0.439. The van der Waals surface area contributed by atoms with Gasteiger partial charge in [0.2, 0.25) is 10.0 Å². The highest BCUT2D eigenvalue weighted by molar-refractivity contribution is 7.92. The van der Waals surface area contributed by atoms with E-state index in [0.29, 0.717) is 27.3 Å². The highest BCUT2D eigenvalue weighted by Gasteiger charge is 2.42. The number of nitrogens with zero attached hydrogens (tertiary/aromatic N) is 2. The van der Waals surface area contributed by atoms with Gasteiger partial charge in [-0.2, -0.15) is 0 Å². The van der Waals surface area contributed by atoms with E-state index in [9.17, 15) is 8.42 Å². The number of furan rings is 1. The molecule has 3 heterocycles. The highest BCUT2D eigenvalue weighted by atomic mass is 35.5. The fraction of sp³-hybridized carbons (Fsp3) is 0.154. The predicted octanol–water partition coefficient (Wildman–Crippen LogP) is 5.85. The fourth-order valence-corrected chi connectivity index (χ4v) is 5.42. The van der Waals surface area contributed by atoms with E-state index in [1.165, 1.54) is 0 Å². The second kappa shape index (κ2) is 9.57. The summed E-state index contributed by atoms with van der Waals surface area (Å²) in [5.74, 6) is 1.42. The zero-order valence-electron chi connectivity index (χ0n) is 19.5. The van der Waals surface area contributed by atoms with E-state index in [1.807, 2.05) is 78.6 Å². The molecule has 10 heteroatoms. The van der Waals surface area contributed by atoms with Crippen LogP contribution >= 0.6 is 23.8 Å². The summed E-state index contributed by atoms with van der Waals surface area (Å²) in [6.45, 7) is 1.85. The van der Waals surface area contributed by atoms with Gasteiger partial charge in [-0.25, -0.2) is 8.42 Å². The summed E-state index contributed by atoms with van der Waals surface area (Å²) in [4.78, 5) is 6.55. The molecule has 0 aliphatic carbocycles. The molecule has 0 amide bonds. The maximum absolute atomic E-state index is 11.7. The van der Waals surface area contributed by atoms with Crippen LogP contribution in [0.3, 0.4) is 0 Å². The molecule has 0 bridgehead atoms. The summed E-state index contributed by atoms with van der Waals surface area (Å²) in [5.41, 5.74) is 3.82. The van der Waals surface area contributed by atoms with E-state index < -0.39 is 10.0 Å². The Morgan fingerprint density at radius 1 is 1.08 bits per heavy atom. The van der Waals surface area contributed by atoms with E-state index >= 15 is 0 Å². The third-order valence-corrected chi connectivity index (χ3v) is 7.09. The van der Waals surface area contributed by atoms with Crippen LogP contribution in [0, 0.1) is 6.92 Å². The minimum atomic E-state index is -3.40. The van der Waals surface area contributed by atoms with E-state index in [0.717, 1.165) is 28.8 Å². The summed E-state index contributed by atoms with van der Waals surface area (Å²) in [6, 6.07) is 22.0. The summed E-state index contributed by atoms with van der Waals surface area (Å²) in [5, 5.41) is 4.57. The first-order valence-corrected chi connectivity index (χ1v) is 13.8. The van der Waals surface area contributed by atoms with Crippen molar-refractivity contribution in [3.8, 4) is 11.3 Å². The van der Waals surface area contributed by atoms with Gasteiger partial charge in [0, 0.05) is 22.5 Å². The second-order valence-corrected chi connectivity index (χ2v) is 11.2. The van der Waals surface area contributed by atoms with Crippen molar-refractivity contribution in [2.45, 2.75) is 19.0 Å². The number of halogens is 1. The first-order chi connectivity index (χ1) is 17.2. The minimum absolute atomic E-state index is 0.267. The molecule has 36 heavy (non-hydrogen) atoms. The minimum Gasteiger partial charge on any atom is -0.459 e. The van der Waals surface area contributed by atoms with E-state index in [-0.39, 0.29) is 12.1 Å². The molecule has 5 rings (SSSR count). The van der Waals surface area contributed by atoms with Crippen LogP contribution in [-0.4, -0.2) is 24.8 Å².